The van der Waals surface area contributed by atoms with E-state index in [0.717, 1.165) is 5.69 Å². The van der Waals surface area contributed by atoms with Crippen molar-refractivity contribution in [2.24, 2.45) is 5.84 Å². The second-order valence-corrected chi connectivity index (χ2v) is 3.47. The van der Waals surface area contributed by atoms with Crippen LogP contribution in [0.5, 0.6) is 0 Å². The molecule has 0 atom stereocenters. The normalized spacial score (nSPS) is 10.5. The van der Waals surface area contributed by atoms with Crippen molar-refractivity contribution in [3.8, 4) is 0 Å². The number of nitrogens with one attached hydrogen (secondary N) is 1. The van der Waals surface area contributed by atoms with Crippen LogP contribution in [-0.4, -0.2) is 41.1 Å². The minimum Gasteiger partial charge on any atom is -0.395 e. The van der Waals surface area contributed by atoms with Crippen molar-refractivity contribution in [1.82, 2.24) is 15.3 Å². The molecule has 0 fully saturated rings. The molecule has 1 heterocycles. The van der Waals surface area contributed by atoms with Gasteiger partial charge in [-0.1, -0.05) is 0 Å². The third kappa shape index (κ3) is 3.58. The van der Waals surface area contributed by atoms with E-state index in [-0.39, 0.29) is 12.5 Å². The molecule has 0 aromatic carbocycles. The lowest BCUT2D eigenvalue weighted by Crippen LogP contribution is -2.30. The zero-order chi connectivity index (χ0) is 12.0. The molecule has 88 valence electrons. The predicted molar refractivity (Wildman–Crippen MR) is 59.3 cm³/mol. The third-order valence-electron chi connectivity index (χ3n) is 2.13. The van der Waals surface area contributed by atoms with Crippen LogP contribution in [0.1, 0.15) is 16.1 Å². The van der Waals surface area contributed by atoms with E-state index in [1.807, 2.05) is 17.4 Å². The van der Waals surface area contributed by atoms with Crippen LogP contribution in [0.3, 0.4) is 0 Å². The number of nitrogens with two attached hydrogens (primary N) is 1. The largest absolute Gasteiger partial charge is 0.395 e. The first-order valence-corrected chi connectivity index (χ1v) is 4.92. The second kappa shape index (κ2) is 6.16. The van der Waals surface area contributed by atoms with E-state index in [2.05, 4.69) is 4.98 Å². The zero-order valence-electron chi connectivity index (χ0n) is 9.18. The Morgan fingerprint density at radius 1 is 1.62 bits per heavy atom. The Hall–Kier alpha value is -1.50. The van der Waals surface area contributed by atoms with Gasteiger partial charge in [0.1, 0.15) is 0 Å². The molecular weight excluding hydrogens is 208 g/mol. The summed E-state index contributed by atoms with van der Waals surface area (Å²) >= 11 is 0. The summed E-state index contributed by atoms with van der Waals surface area (Å²) in [4.78, 5) is 17.2. The highest BCUT2D eigenvalue weighted by molar-refractivity contribution is 5.93. The summed E-state index contributed by atoms with van der Waals surface area (Å²) < 4.78 is 0. The zero-order valence-corrected chi connectivity index (χ0v) is 9.18. The summed E-state index contributed by atoms with van der Waals surface area (Å²) in [6.07, 6.45) is 1.48. The molecule has 4 N–H and O–H groups in total. The number of likely N-dealkylation sites (N-methyl/N-ethyl adjacent to an activating group) is 1. The monoisotopic (exact) mass is 224 g/mol. The van der Waals surface area contributed by atoms with E-state index in [9.17, 15) is 4.79 Å². The lowest BCUT2D eigenvalue weighted by Gasteiger charge is -2.14. The first-order chi connectivity index (χ1) is 7.67. The van der Waals surface area contributed by atoms with E-state index in [0.29, 0.717) is 18.7 Å². The molecule has 0 saturated heterocycles. The van der Waals surface area contributed by atoms with Gasteiger partial charge in [0.15, 0.2) is 0 Å². The van der Waals surface area contributed by atoms with Gasteiger partial charge < -0.3 is 5.11 Å². The average molecular weight is 224 g/mol. The number of hydrogen-bond acceptors (Lipinski definition) is 5. The number of carbonyl (C=O) groups is 1. The maximum absolute atomic E-state index is 11.1. The number of pyridine rings is 1. The maximum atomic E-state index is 11.1. The second-order valence-electron chi connectivity index (χ2n) is 3.47. The third-order valence-corrected chi connectivity index (χ3v) is 2.13. The van der Waals surface area contributed by atoms with Gasteiger partial charge in [-0.15, -0.1) is 0 Å². The number of aliphatic hydroxyl groups excluding tert-OH is 1. The number of rotatable bonds is 5. The number of hydrogen-bond donors (Lipinski definition) is 3. The molecule has 6 nitrogen and oxygen atoms in total. The van der Waals surface area contributed by atoms with Crippen LogP contribution in [0.15, 0.2) is 18.3 Å². The van der Waals surface area contributed by atoms with Crippen LogP contribution in [0, 0.1) is 0 Å². The first-order valence-electron chi connectivity index (χ1n) is 4.92. The molecule has 0 bridgehead atoms. The summed E-state index contributed by atoms with van der Waals surface area (Å²) in [6, 6.07) is 3.43. The van der Waals surface area contributed by atoms with E-state index < -0.39 is 0 Å². The summed E-state index contributed by atoms with van der Waals surface area (Å²) in [5.74, 6) is 4.64. The molecule has 16 heavy (non-hydrogen) atoms. The van der Waals surface area contributed by atoms with Gasteiger partial charge in [0.05, 0.1) is 17.9 Å². The fourth-order valence-electron chi connectivity index (χ4n) is 1.26. The predicted octanol–water partition coefficient (Wildman–Crippen LogP) is -0.891. The van der Waals surface area contributed by atoms with Crippen LogP contribution in [-0.2, 0) is 6.54 Å². The van der Waals surface area contributed by atoms with Gasteiger partial charge in [0.25, 0.3) is 5.91 Å². The van der Waals surface area contributed by atoms with Gasteiger partial charge in [0.2, 0.25) is 0 Å². The Kier molecular flexibility index (Phi) is 4.84. The highest BCUT2D eigenvalue weighted by Gasteiger charge is 2.05. The van der Waals surface area contributed by atoms with Gasteiger partial charge in [-0.2, -0.15) is 0 Å². The Labute approximate surface area is 94.1 Å². The van der Waals surface area contributed by atoms with E-state index in [1.165, 1.54) is 6.20 Å². The smallest absolute Gasteiger partial charge is 0.266 e. The molecule has 0 aliphatic carbocycles. The number of amides is 1. The van der Waals surface area contributed by atoms with Crippen molar-refractivity contribution in [2.45, 2.75) is 6.54 Å². The lowest BCUT2D eigenvalue weighted by atomic mass is 10.2. The highest BCUT2D eigenvalue weighted by atomic mass is 16.3. The van der Waals surface area contributed by atoms with Crippen LogP contribution in [0.4, 0.5) is 0 Å². The summed E-state index contributed by atoms with van der Waals surface area (Å²) in [7, 11) is 1.89. The molecule has 6 heteroatoms. The SMILES string of the molecule is CN(CCO)Cc1ccc(C(=O)NN)cn1. The van der Waals surface area contributed by atoms with Crippen molar-refractivity contribution in [3.05, 3.63) is 29.6 Å². The molecule has 0 aliphatic heterocycles. The van der Waals surface area contributed by atoms with Gasteiger partial charge in [-0.05, 0) is 19.2 Å². The lowest BCUT2D eigenvalue weighted by molar-refractivity contribution is 0.0953. The van der Waals surface area contributed by atoms with Crippen molar-refractivity contribution in [3.63, 3.8) is 0 Å². The number of hydrazine groups is 1. The number of nitrogen functional groups attached to an aromatic ring is 1. The number of aromatic nitrogens is 1. The van der Waals surface area contributed by atoms with Crippen LogP contribution in [0.25, 0.3) is 0 Å². The summed E-state index contributed by atoms with van der Waals surface area (Å²) in [5, 5.41) is 8.73. The number of aliphatic hydroxyl groups is 1. The molecule has 1 rings (SSSR count). The molecule has 0 unspecified atom stereocenters. The Bertz CT molecular complexity index is 339. The Morgan fingerprint density at radius 3 is 2.88 bits per heavy atom. The fourth-order valence-corrected chi connectivity index (χ4v) is 1.26. The minimum absolute atomic E-state index is 0.115. The summed E-state index contributed by atoms with van der Waals surface area (Å²) in [5.41, 5.74) is 3.30. The average Bonchev–Trinajstić information content (AvgIpc) is 2.29. The molecule has 1 aromatic heterocycles. The minimum atomic E-state index is -0.359. The number of carbonyl (C=O) groups excluding carboxylic acids is 1. The molecule has 0 saturated carbocycles. The van der Waals surface area contributed by atoms with Crippen LogP contribution < -0.4 is 11.3 Å². The first kappa shape index (κ1) is 12.6. The van der Waals surface area contributed by atoms with E-state index in [1.54, 1.807) is 12.1 Å². The van der Waals surface area contributed by atoms with E-state index >= 15 is 0 Å². The standard InChI is InChI=1S/C10H16N4O2/c1-14(4-5-15)7-9-3-2-8(6-12-9)10(16)13-11/h2-3,6,15H,4-5,7,11H2,1H3,(H,13,16). The fraction of sp³-hybridized carbons (Fsp3) is 0.400. The maximum Gasteiger partial charge on any atom is 0.266 e. The highest BCUT2D eigenvalue weighted by Crippen LogP contribution is 2.02. The van der Waals surface area contributed by atoms with Crippen molar-refractivity contribution in [2.75, 3.05) is 20.2 Å². The van der Waals surface area contributed by atoms with Gasteiger partial charge in [-0.25, -0.2) is 5.84 Å². The van der Waals surface area contributed by atoms with E-state index in [4.69, 9.17) is 10.9 Å². The molecular formula is C10H16N4O2. The molecule has 0 aliphatic rings. The topological polar surface area (TPSA) is 91.5 Å². The van der Waals surface area contributed by atoms with Crippen LogP contribution >= 0.6 is 0 Å². The van der Waals surface area contributed by atoms with Gasteiger partial charge in [-0.3, -0.25) is 20.1 Å². The molecule has 0 spiro atoms. The molecule has 0 radical (unpaired) electrons. The van der Waals surface area contributed by atoms with Crippen molar-refractivity contribution >= 4 is 5.91 Å². The Morgan fingerprint density at radius 2 is 2.38 bits per heavy atom. The molecule has 1 amide bonds. The van der Waals surface area contributed by atoms with Crippen LogP contribution in [0.2, 0.25) is 0 Å². The van der Waals surface area contributed by atoms with Crippen molar-refractivity contribution < 1.29 is 9.90 Å². The molecule has 1 aromatic rings. The quantitative estimate of drug-likeness (QED) is 0.343. The Balaban J connectivity index is 2.61. The van der Waals surface area contributed by atoms with Gasteiger partial charge in [0, 0.05) is 19.3 Å². The van der Waals surface area contributed by atoms with Crippen molar-refractivity contribution in [1.29, 1.82) is 0 Å². The summed E-state index contributed by atoms with van der Waals surface area (Å²) in [6.45, 7) is 1.34. The number of nitrogens with zero attached hydrogens (tertiary/aromatic N) is 2. The van der Waals surface area contributed by atoms with Gasteiger partial charge >= 0.3 is 0 Å².